The molecule has 0 aromatic carbocycles. The Kier molecular flexibility index (Phi) is 5.70. The topological polar surface area (TPSA) is 55.8 Å². The minimum atomic E-state index is -0.178. The highest BCUT2D eigenvalue weighted by Crippen LogP contribution is 2.54. The van der Waals surface area contributed by atoms with E-state index in [1.807, 2.05) is 25.7 Å². The predicted octanol–water partition coefficient (Wildman–Crippen LogP) is 3.37. The number of carbonyl (C=O) groups excluding carboxylic acids is 2. The van der Waals surface area contributed by atoms with Crippen molar-refractivity contribution >= 4 is 12.1 Å². The maximum absolute atomic E-state index is 11.9. The van der Waals surface area contributed by atoms with Crippen molar-refractivity contribution in [3.63, 3.8) is 0 Å². The number of rotatable bonds is 5. The number of amides is 1. The van der Waals surface area contributed by atoms with E-state index in [-0.39, 0.29) is 18.2 Å². The highest BCUT2D eigenvalue weighted by Gasteiger charge is 2.46. The molecule has 5 nitrogen and oxygen atoms in total. The molecule has 0 aromatic heterocycles. The highest BCUT2D eigenvalue weighted by atomic mass is 16.6. The summed E-state index contributed by atoms with van der Waals surface area (Å²) in [6.07, 6.45) is 5.77. The summed E-state index contributed by atoms with van der Waals surface area (Å²) in [6.45, 7) is 7.67. The molecule has 0 N–H and O–H groups in total. The van der Waals surface area contributed by atoms with Crippen LogP contribution in [0.3, 0.4) is 0 Å². The summed E-state index contributed by atoms with van der Waals surface area (Å²) in [4.78, 5) is 25.1. The van der Waals surface area contributed by atoms with Crippen molar-refractivity contribution in [3.05, 3.63) is 0 Å². The van der Waals surface area contributed by atoms with Crippen LogP contribution in [0, 0.1) is 11.3 Å². The second-order valence-electron chi connectivity index (χ2n) is 7.04. The van der Waals surface area contributed by atoms with Crippen LogP contribution in [-0.2, 0) is 14.3 Å². The van der Waals surface area contributed by atoms with Gasteiger partial charge in [0.15, 0.2) is 0 Å². The second kappa shape index (κ2) is 7.34. The van der Waals surface area contributed by atoms with Crippen LogP contribution in [-0.4, -0.2) is 42.8 Å². The van der Waals surface area contributed by atoms with Gasteiger partial charge in [0.25, 0.3) is 0 Å². The van der Waals surface area contributed by atoms with Gasteiger partial charge < -0.3 is 14.4 Å². The first kappa shape index (κ1) is 17.1. The zero-order chi connectivity index (χ0) is 16.2. The Morgan fingerprint density at radius 1 is 1.23 bits per heavy atom. The maximum Gasteiger partial charge on any atom is 0.410 e. The van der Waals surface area contributed by atoms with Gasteiger partial charge >= 0.3 is 12.1 Å². The zero-order valence-corrected chi connectivity index (χ0v) is 14.1. The molecule has 2 fully saturated rings. The number of likely N-dealkylation sites (tertiary alicyclic amines) is 1. The lowest BCUT2D eigenvalue weighted by Crippen LogP contribution is -2.49. The monoisotopic (exact) mass is 311 g/mol. The number of ether oxygens (including phenoxy) is 2. The van der Waals surface area contributed by atoms with E-state index in [4.69, 9.17) is 9.47 Å². The van der Waals surface area contributed by atoms with Crippen molar-refractivity contribution in [3.8, 4) is 0 Å². The molecule has 1 saturated heterocycles. The van der Waals surface area contributed by atoms with Gasteiger partial charge in [0.05, 0.1) is 12.7 Å². The lowest BCUT2D eigenvalue weighted by atomic mass is 9.56. The molecule has 1 amide bonds. The van der Waals surface area contributed by atoms with E-state index in [1.165, 1.54) is 12.8 Å². The van der Waals surface area contributed by atoms with E-state index in [9.17, 15) is 9.59 Å². The second-order valence-corrected chi connectivity index (χ2v) is 7.04. The van der Waals surface area contributed by atoms with Gasteiger partial charge in [0.1, 0.15) is 0 Å². The van der Waals surface area contributed by atoms with Crippen LogP contribution in [0.1, 0.15) is 59.3 Å². The number of hydrogen-bond donors (Lipinski definition) is 0. The Morgan fingerprint density at radius 2 is 1.86 bits per heavy atom. The smallest absolute Gasteiger partial charge is 0.410 e. The van der Waals surface area contributed by atoms with Gasteiger partial charge in [-0.15, -0.1) is 0 Å². The lowest BCUT2D eigenvalue weighted by molar-refractivity contribution is -0.144. The number of esters is 1. The molecule has 22 heavy (non-hydrogen) atoms. The SMILES string of the molecule is CCOC(=O)CCC1CC2(CCN(C(=O)OC(C)C)CC2)C1. The fourth-order valence-electron chi connectivity index (χ4n) is 3.77. The normalized spacial score (nSPS) is 20.8. The molecular formula is C17H29NO4. The molecule has 5 heteroatoms. The molecule has 0 atom stereocenters. The molecule has 1 spiro atoms. The van der Waals surface area contributed by atoms with Crippen molar-refractivity contribution in [2.24, 2.45) is 11.3 Å². The van der Waals surface area contributed by atoms with Crippen LogP contribution >= 0.6 is 0 Å². The Bertz CT molecular complexity index is 391. The molecule has 2 rings (SSSR count). The summed E-state index contributed by atoms with van der Waals surface area (Å²) < 4.78 is 10.2. The van der Waals surface area contributed by atoms with Gasteiger partial charge in [-0.3, -0.25) is 4.79 Å². The number of carbonyl (C=O) groups is 2. The van der Waals surface area contributed by atoms with E-state index in [0.29, 0.717) is 24.4 Å². The zero-order valence-electron chi connectivity index (χ0n) is 14.1. The van der Waals surface area contributed by atoms with Crippen molar-refractivity contribution < 1.29 is 19.1 Å². The van der Waals surface area contributed by atoms with Gasteiger partial charge in [-0.1, -0.05) is 0 Å². The molecule has 0 radical (unpaired) electrons. The number of nitrogens with zero attached hydrogens (tertiary/aromatic N) is 1. The van der Waals surface area contributed by atoms with E-state index in [0.717, 1.165) is 32.4 Å². The van der Waals surface area contributed by atoms with Crippen molar-refractivity contribution in [2.45, 2.75) is 65.4 Å². The summed E-state index contributed by atoms with van der Waals surface area (Å²) in [5.74, 6) is 0.577. The third-order valence-electron chi connectivity index (χ3n) is 4.92. The Hall–Kier alpha value is -1.26. The summed E-state index contributed by atoms with van der Waals surface area (Å²) in [7, 11) is 0. The van der Waals surface area contributed by atoms with E-state index >= 15 is 0 Å². The molecule has 0 unspecified atom stereocenters. The van der Waals surface area contributed by atoms with E-state index in [2.05, 4.69) is 0 Å². The Morgan fingerprint density at radius 3 is 2.41 bits per heavy atom. The van der Waals surface area contributed by atoms with E-state index < -0.39 is 0 Å². The Labute approximate surface area is 133 Å². The molecule has 0 bridgehead atoms. The summed E-state index contributed by atoms with van der Waals surface area (Å²) in [5.41, 5.74) is 0.411. The maximum atomic E-state index is 11.9. The fourth-order valence-corrected chi connectivity index (χ4v) is 3.77. The summed E-state index contributed by atoms with van der Waals surface area (Å²) >= 11 is 0. The predicted molar refractivity (Wildman–Crippen MR) is 83.4 cm³/mol. The lowest BCUT2D eigenvalue weighted by Gasteiger charge is -2.52. The van der Waals surface area contributed by atoms with Crippen LogP contribution < -0.4 is 0 Å². The van der Waals surface area contributed by atoms with Gasteiger partial charge in [-0.25, -0.2) is 4.79 Å². The van der Waals surface area contributed by atoms with Crippen LogP contribution in [0.25, 0.3) is 0 Å². The van der Waals surface area contributed by atoms with Crippen LogP contribution in [0.4, 0.5) is 4.79 Å². The third kappa shape index (κ3) is 4.37. The first-order valence-corrected chi connectivity index (χ1v) is 8.55. The minimum absolute atomic E-state index is 0.0562. The van der Waals surface area contributed by atoms with Crippen molar-refractivity contribution in [1.82, 2.24) is 4.90 Å². The molecule has 2 aliphatic rings. The first-order chi connectivity index (χ1) is 10.4. The third-order valence-corrected chi connectivity index (χ3v) is 4.92. The van der Waals surface area contributed by atoms with Gasteiger partial charge in [-0.05, 0) is 64.2 Å². The summed E-state index contributed by atoms with van der Waals surface area (Å²) in [5, 5.41) is 0. The molecule has 126 valence electrons. The van der Waals surface area contributed by atoms with Crippen LogP contribution in [0.2, 0.25) is 0 Å². The molecule has 1 heterocycles. The van der Waals surface area contributed by atoms with Crippen molar-refractivity contribution in [1.29, 1.82) is 0 Å². The molecule has 1 aliphatic carbocycles. The van der Waals surface area contributed by atoms with E-state index in [1.54, 1.807) is 0 Å². The molecule has 0 aromatic rings. The summed E-state index contributed by atoms with van der Waals surface area (Å²) in [6, 6.07) is 0. The average molecular weight is 311 g/mol. The van der Waals surface area contributed by atoms with Crippen LogP contribution in [0.5, 0.6) is 0 Å². The first-order valence-electron chi connectivity index (χ1n) is 8.55. The van der Waals surface area contributed by atoms with Gasteiger partial charge in [0, 0.05) is 19.5 Å². The average Bonchev–Trinajstić information content (AvgIpc) is 2.43. The van der Waals surface area contributed by atoms with Gasteiger partial charge in [0.2, 0.25) is 0 Å². The minimum Gasteiger partial charge on any atom is -0.466 e. The molecule has 1 saturated carbocycles. The quantitative estimate of drug-likeness (QED) is 0.731. The Balaban J connectivity index is 1.66. The number of hydrogen-bond acceptors (Lipinski definition) is 4. The van der Waals surface area contributed by atoms with Gasteiger partial charge in [-0.2, -0.15) is 0 Å². The molecule has 1 aliphatic heterocycles. The van der Waals surface area contributed by atoms with Crippen LogP contribution in [0.15, 0.2) is 0 Å². The number of piperidine rings is 1. The fraction of sp³-hybridized carbons (Fsp3) is 0.882. The molecular weight excluding hydrogens is 282 g/mol. The van der Waals surface area contributed by atoms with Crippen molar-refractivity contribution in [2.75, 3.05) is 19.7 Å². The largest absolute Gasteiger partial charge is 0.466 e. The standard InChI is InChI=1S/C17H29NO4/c1-4-21-15(19)6-5-14-11-17(12-14)7-9-18(10-8-17)16(20)22-13(2)3/h13-14H,4-12H2,1-3H3. The highest BCUT2D eigenvalue weighted by molar-refractivity contribution is 5.69.